The number of hydrogen-bond acceptors (Lipinski definition) is 10. The normalized spacial score (nSPS) is 20.5. The van der Waals surface area contributed by atoms with Gasteiger partial charge in [0.1, 0.15) is 17.1 Å². The fourth-order valence-corrected chi connectivity index (χ4v) is 6.58. The van der Waals surface area contributed by atoms with Gasteiger partial charge < -0.3 is 39.2 Å². The van der Waals surface area contributed by atoms with Crippen LogP contribution in [0.25, 0.3) is 0 Å². The van der Waals surface area contributed by atoms with E-state index in [9.17, 15) is 23.1 Å². The highest BCUT2D eigenvalue weighted by molar-refractivity contribution is 7.89. The number of anilines is 2. The third-order valence-electron chi connectivity index (χ3n) is 8.37. The Morgan fingerprint density at radius 2 is 1.96 bits per heavy atom. The number of ether oxygens (including phenoxy) is 2. The predicted molar refractivity (Wildman–Crippen MR) is 179 cm³/mol. The van der Waals surface area contributed by atoms with Gasteiger partial charge in [0.25, 0.3) is 15.9 Å². The summed E-state index contributed by atoms with van der Waals surface area (Å²) in [5.74, 6) is 0.0244. The number of aliphatic hydroxyl groups is 1. The fraction of sp³-hybridized carbons (Fsp3) is 0.562. The molecule has 0 unspecified atom stereocenters. The Bertz CT molecular complexity index is 1650. The molecule has 48 heavy (non-hydrogen) atoms. The molecule has 0 saturated heterocycles. The molecule has 16 heteroatoms. The van der Waals surface area contributed by atoms with Gasteiger partial charge in [-0.15, -0.1) is 0 Å². The first kappa shape index (κ1) is 36.8. The monoisotopic (exact) mass is 689 g/mol. The van der Waals surface area contributed by atoms with Crippen LogP contribution in [0.2, 0.25) is 0 Å². The standard InChI is InChI=1S/C32H47N7O8S/c1-20-15-39(21(2)18-40)31(41)26-14-25(34-32(42)35-30-23(4)36-47-24(30)5)11-12-27(26)46-22(3)10-8-9-13-45-28(20)16-38(7)48(43,44)29-17-37(6)19-33-29/h11-12,14,17,19-22,28,40H,8-10,13,15-16,18H2,1-7H3,(H2,34,35,42)/t20-,21+,22-,28+/m1/s1. The van der Waals surface area contributed by atoms with Crippen molar-refractivity contribution >= 4 is 33.3 Å². The third kappa shape index (κ3) is 8.92. The molecule has 1 aliphatic heterocycles. The Labute approximate surface area is 281 Å². The van der Waals surface area contributed by atoms with Crippen LogP contribution >= 0.6 is 0 Å². The van der Waals surface area contributed by atoms with Crippen LogP contribution in [0.3, 0.4) is 0 Å². The van der Waals surface area contributed by atoms with Crippen molar-refractivity contribution in [2.75, 3.05) is 44.0 Å². The van der Waals surface area contributed by atoms with Crippen LogP contribution in [0.5, 0.6) is 5.75 Å². The maximum Gasteiger partial charge on any atom is 0.323 e. The Kier molecular flexibility index (Phi) is 12.2. The molecule has 1 aliphatic rings. The van der Waals surface area contributed by atoms with E-state index in [2.05, 4.69) is 20.8 Å². The Balaban J connectivity index is 1.63. The molecule has 1 aromatic carbocycles. The molecule has 3 aromatic rings. The second kappa shape index (κ2) is 15.9. The molecule has 0 spiro atoms. The van der Waals surface area contributed by atoms with Crippen LogP contribution < -0.4 is 15.4 Å². The van der Waals surface area contributed by atoms with Crippen LogP contribution in [-0.4, -0.2) is 101 Å². The molecule has 0 aliphatic carbocycles. The second-order valence-corrected chi connectivity index (χ2v) is 14.4. The van der Waals surface area contributed by atoms with Gasteiger partial charge in [0.2, 0.25) is 0 Å². The first-order chi connectivity index (χ1) is 22.7. The van der Waals surface area contributed by atoms with E-state index in [0.717, 1.165) is 12.8 Å². The van der Waals surface area contributed by atoms with E-state index in [1.165, 1.54) is 28.8 Å². The number of hydrogen-bond donors (Lipinski definition) is 3. The number of carbonyl (C=O) groups is 2. The summed E-state index contributed by atoms with van der Waals surface area (Å²) in [5.41, 5.74) is 1.52. The number of nitrogens with zero attached hydrogens (tertiary/aromatic N) is 5. The lowest BCUT2D eigenvalue weighted by atomic mass is 10.0. The quantitative estimate of drug-likeness (QED) is 0.315. The van der Waals surface area contributed by atoms with Crippen LogP contribution in [0, 0.1) is 19.8 Å². The van der Waals surface area contributed by atoms with Crippen molar-refractivity contribution in [3.8, 4) is 5.75 Å². The largest absolute Gasteiger partial charge is 0.490 e. The number of likely N-dealkylation sites (N-methyl/N-ethyl adjacent to an activating group) is 1. The van der Waals surface area contributed by atoms with E-state index in [0.29, 0.717) is 41.6 Å². The molecule has 4 rings (SSSR count). The van der Waals surface area contributed by atoms with Gasteiger partial charge in [-0.2, -0.15) is 4.31 Å². The summed E-state index contributed by atoms with van der Waals surface area (Å²) in [4.78, 5) is 32.8. The molecular weight excluding hydrogens is 642 g/mol. The molecule has 2 aromatic heterocycles. The zero-order valence-electron chi connectivity index (χ0n) is 28.6. The van der Waals surface area contributed by atoms with E-state index in [1.54, 1.807) is 50.6 Å². The van der Waals surface area contributed by atoms with E-state index in [4.69, 9.17) is 14.0 Å². The molecule has 264 valence electrons. The van der Waals surface area contributed by atoms with Gasteiger partial charge in [-0.05, 0) is 65.2 Å². The first-order valence-corrected chi connectivity index (χ1v) is 17.4. The van der Waals surface area contributed by atoms with Crippen molar-refractivity contribution in [2.24, 2.45) is 13.0 Å². The van der Waals surface area contributed by atoms with Gasteiger partial charge in [0.15, 0.2) is 10.8 Å². The van der Waals surface area contributed by atoms with Crippen molar-refractivity contribution in [1.29, 1.82) is 0 Å². The first-order valence-electron chi connectivity index (χ1n) is 16.0. The van der Waals surface area contributed by atoms with Gasteiger partial charge >= 0.3 is 6.03 Å². The van der Waals surface area contributed by atoms with Crippen molar-refractivity contribution in [2.45, 2.75) is 77.2 Å². The maximum atomic E-state index is 14.3. The lowest BCUT2D eigenvalue weighted by Crippen LogP contribution is -2.48. The van der Waals surface area contributed by atoms with Crippen LogP contribution in [0.15, 0.2) is 40.3 Å². The van der Waals surface area contributed by atoms with E-state index in [-0.39, 0.29) is 42.3 Å². The number of benzene rings is 1. The summed E-state index contributed by atoms with van der Waals surface area (Å²) in [6.45, 7) is 9.17. The number of rotatable bonds is 8. The maximum absolute atomic E-state index is 14.3. The average molecular weight is 690 g/mol. The molecule has 0 radical (unpaired) electrons. The van der Waals surface area contributed by atoms with E-state index in [1.807, 2.05) is 13.8 Å². The lowest BCUT2D eigenvalue weighted by Gasteiger charge is -2.35. The van der Waals surface area contributed by atoms with Gasteiger partial charge in [-0.25, -0.2) is 18.2 Å². The molecule has 15 nitrogen and oxygen atoms in total. The number of imidazole rings is 1. The number of urea groups is 1. The van der Waals surface area contributed by atoms with Crippen molar-refractivity contribution in [3.05, 3.63) is 47.7 Å². The summed E-state index contributed by atoms with van der Waals surface area (Å²) in [6, 6.07) is 3.69. The van der Waals surface area contributed by atoms with Gasteiger partial charge in [0, 0.05) is 51.6 Å². The highest BCUT2D eigenvalue weighted by atomic mass is 32.2. The Morgan fingerprint density at radius 1 is 1.21 bits per heavy atom. The lowest BCUT2D eigenvalue weighted by molar-refractivity contribution is -0.00835. The molecule has 0 bridgehead atoms. The minimum Gasteiger partial charge on any atom is -0.490 e. The summed E-state index contributed by atoms with van der Waals surface area (Å²) < 4.78 is 47.1. The zero-order valence-corrected chi connectivity index (χ0v) is 29.4. The molecule has 3 N–H and O–H groups in total. The number of aliphatic hydroxyl groups excluding tert-OH is 1. The molecular formula is C32H47N7O8S. The molecule has 3 heterocycles. The van der Waals surface area contributed by atoms with Crippen LogP contribution in [0.1, 0.15) is 61.8 Å². The smallest absolute Gasteiger partial charge is 0.323 e. The molecule has 3 amide bonds. The predicted octanol–water partition coefficient (Wildman–Crippen LogP) is 3.79. The van der Waals surface area contributed by atoms with Crippen molar-refractivity contribution in [1.82, 2.24) is 23.9 Å². The fourth-order valence-electron chi connectivity index (χ4n) is 5.43. The number of fused-ring (bicyclic) bond motifs is 1. The SMILES string of the molecule is Cc1noc(C)c1NC(=O)Nc1ccc2c(c1)C(=O)N([C@@H](C)CO)C[C@@H](C)[C@H](CN(C)S(=O)(=O)c1cn(C)cn1)OCCCC[C@@H](C)O2. The minimum absolute atomic E-state index is 0.0278. The Hall–Kier alpha value is -3.99. The summed E-state index contributed by atoms with van der Waals surface area (Å²) >= 11 is 0. The zero-order chi connectivity index (χ0) is 35.2. The van der Waals surface area contributed by atoms with E-state index < -0.39 is 34.1 Å². The second-order valence-electron chi connectivity index (χ2n) is 12.5. The highest BCUT2D eigenvalue weighted by Crippen LogP contribution is 2.29. The van der Waals surface area contributed by atoms with Crippen molar-refractivity contribution in [3.63, 3.8) is 0 Å². The van der Waals surface area contributed by atoms with Crippen LogP contribution in [-0.2, 0) is 21.8 Å². The van der Waals surface area contributed by atoms with Crippen molar-refractivity contribution < 1.29 is 37.1 Å². The molecule has 0 fully saturated rings. The summed E-state index contributed by atoms with van der Waals surface area (Å²) in [7, 11) is -0.717. The minimum atomic E-state index is -3.89. The number of nitrogens with one attached hydrogen (secondary N) is 2. The van der Waals surface area contributed by atoms with E-state index >= 15 is 0 Å². The number of aryl methyl sites for hydroxylation is 3. The van der Waals surface area contributed by atoms with Gasteiger partial charge in [-0.1, -0.05) is 12.1 Å². The number of aromatic nitrogens is 3. The molecule has 0 saturated carbocycles. The van der Waals surface area contributed by atoms with Crippen LogP contribution in [0.4, 0.5) is 16.2 Å². The number of sulfonamides is 1. The summed E-state index contributed by atoms with van der Waals surface area (Å²) in [6.07, 6.45) is 4.23. The topological polar surface area (TPSA) is 181 Å². The number of carbonyl (C=O) groups excluding carboxylic acids is 2. The number of amides is 3. The third-order valence-corrected chi connectivity index (χ3v) is 10.1. The Morgan fingerprint density at radius 3 is 2.60 bits per heavy atom. The summed E-state index contributed by atoms with van der Waals surface area (Å²) in [5, 5.41) is 19.5. The van der Waals surface area contributed by atoms with Gasteiger partial charge in [0.05, 0.1) is 36.7 Å². The highest BCUT2D eigenvalue weighted by Gasteiger charge is 2.33. The average Bonchev–Trinajstić information content (AvgIpc) is 3.63. The van der Waals surface area contributed by atoms with Gasteiger partial charge in [-0.3, -0.25) is 4.79 Å². The molecule has 4 atom stereocenters.